The number of H-pyrrole nitrogens is 1. The first-order chi connectivity index (χ1) is 11.7. The van der Waals surface area contributed by atoms with Gasteiger partial charge >= 0.3 is 0 Å². The third kappa shape index (κ3) is 2.37. The average molecular weight is 319 g/mol. The summed E-state index contributed by atoms with van der Waals surface area (Å²) in [5.74, 6) is 0.658. The summed E-state index contributed by atoms with van der Waals surface area (Å²) in [6.07, 6.45) is 5.70. The zero-order valence-electron chi connectivity index (χ0n) is 12.5. The predicted molar refractivity (Wildman–Crippen MR) is 87.1 cm³/mol. The van der Waals surface area contributed by atoms with E-state index in [-0.39, 0.29) is 5.75 Å². The summed E-state index contributed by atoms with van der Waals surface area (Å²) in [6.45, 7) is 0. The molecule has 0 fully saturated rings. The van der Waals surface area contributed by atoms with Gasteiger partial charge in [-0.25, -0.2) is 9.97 Å². The number of aliphatic hydroxyl groups is 1. The van der Waals surface area contributed by atoms with E-state index in [1.54, 1.807) is 43.0 Å². The Morgan fingerprint density at radius 2 is 1.79 bits per heavy atom. The van der Waals surface area contributed by atoms with Crippen LogP contribution in [0.3, 0.4) is 0 Å². The highest BCUT2D eigenvalue weighted by atomic mass is 16.3. The van der Waals surface area contributed by atoms with Gasteiger partial charge in [0.15, 0.2) is 11.5 Å². The Bertz CT molecular complexity index is 983. The second-order valence-electron chi connectivity index (χ2n) is 5.29. The number of rotatable bonds is 3. The quantitative estimate of drug-likeness (QED) is 0.534. The fourth-order valence-corrected chi connectivity index (χ4v) is 2.66. The van der Waals surface area contributed by atoms with E-state index >= 15 is 0 Å². The minimum atomic E-state index is -0.883. The molecular weight excluding hydrogens is 306 g/mol. The molecule has 0 bridgehead atoms. The molecule has 118 valence electrons. The maximum atomic E-state index is 10.8. The number of aromatic amines is 1. The van der Waals surface area contributed by atoms with Gasteiger partial charge in [0, 0.05) is 29.5 Å². The van der Waals surface area contributed by atoms with Crippen LogP contribution in [0, 0.1) is 0 Å². The zero-order valence-corrected chi connectivity index (χ0v) is 12.5. The fourth-order valence-electron chi connectivity index (χ4n) is 2.66. The number of aromatic hydroxyl groups is 1. The van der Waals surface area contributed by atoms with Crippen molar-refractivity contribution in [3.63, 3.8) is 0 Å². The molecule has 3 aromatic heterocycles. The molecule has 1 unspecified atom stereocenters. The summed E-state index contributed by atoms with van der Waals surface area (Å²) in [6, 6.07) is 8.15. The molecule has 3 heterocycles. The van der Waals surface area contributed by atoms with Gasteiger partial charge in [0.2, 0.25) is 0 Å². The molecule has 0 aliphatic rings. The third-order valence-corrected chi connectivity index (χ3v) is 3.81. The molecule has 0 spiro atoms. The van der Waals surface area contributed by atoms with Gasteiger partial charge < -0.3 is 15.2 Å². The highest BCUT2D eigenvalue weighted by Gasteiger charge is 2.20. The van der Waals surface area contributed by atoms with Crippen molar-refractivity contribution in [3.05, 3.63) is 66.2 Å². The van der Waals surface area contributed by atoms with Crippen molar-refractivity contribution < 1.29 is 10.2 Å². The number of phenolic OH excluding ortho intramolecular Hbond substituents is 1. The summed E-state index contributed by atoms with van der Waals surface area (Å²) in [5.41, 5.74) is 2.54. The molecule has 4 rings (SSSR count). The Hall–Kier alpha value is -3.32. The van der Waals surface area contributed by atoms with Crippen molar-refractivity contribution in [1.29, 1.82) is 0 Å². The number of aliphatic hydroxyl groups excluding tert-OH is 1. The lowest BCUT2D eigenvalue weighted by atomic mass is 9.99. The summed E-state index contributed by atoms with van der Waals surface area (Å²) < 4.78 is 0. The lowest BCUT2D eigenvalue weighted by molar-refractivity contribution is 0.222. The van der Waals surface area contributed by atoms with Crippen LogP contribution < -0.4 is 0 Å². The zero-order chi connectivity index (χ0) is 16.5. The van der Waals surface area contributed by atoms with Gasteiger partial charge in [0.1, 0.15) is 11.9 Å². The number of nitrogens with one attached hydrogen (secondary N) is 1. The van der Waals surface area contributed by atoms with Crippen LogP contribution in [0.25, 0.3) is 22.4 Å². The van der Waals surface area contributed by atoms with E-state index in [4.69, 9.17) is 0 Å². The van der Waals surface area contributed by atoms with Crippen LogP contribution in [0.5, 0.6) is 5.75 Å². The summed E-state index contributed by atoms with van der Waals surface area (Å²) >= 11 is 0. The molecule has 3 N–H and O–H groups in total. The van der Waals surface area contributed by atoms with Gasteiger partial charge in [0.25, 0.3) is 0 Å². The number of benzene rings is 1. The standard InChI is InChI=1S/C17H13N5O2/c23-11-4-2-10(3-5-11)15(24)12-8-20-17-14(12)13(9-21-22-17)16-18-6-1-7-19-16/h1-9,15,23-24H,(H,20,22). The lowest BCUT2D eigenvalue weighted by Crippen LogP contribution is -2.00. The Balaban J connectivity index is 1.89. The van der Waals surface area contributed by atoms with E-state index < -0.39 is 6.10 Å². The molecule has 0 aliphatic carbocycles. The molecule has 0 radical (unpaired) electrons. The molecule has 0 saturated carbocycles. The van der Waals surface area contributed by atoms with E-state index in [2.05, 4.69) is 25.1 Å². The van der Waals surface area contributed by atoms with Crippen molar-refractivity contribution in [2.75, 3.05) is 0 Å². The smallest absolute Gasteiger partial charge is 0.161 e. The van der Waals surface area contributed by atoms with Gasteiger partial charge in [-0.1, -0.05) is 12.1 Å². The Kier molecular flexibility index (Phi) is 3.40. The molecule has 1 aromatic carbocycles. The number of phenols is 1. The predicted octanol–water partition coefficient (Wildman–Crippen LogP) is 2.20. The average Bonchev–Trinajstić information content (AvgIpc) is 3.06. The number of nitrogens with zero attached hydrogens (tertiary/aromatic N) is 4. The van der Waals surface area contributed by atoms with Gasteiger partial charge in [0.05, 0.1) is 11.8 Å². The van der Waals surface area contributed by atoms with E-state index in [1.165, 1.54) is 12.1 Å². The highest BCUT2D eigenvalue weighted by molar-refractivity contribution is 5.93. The van der Waals surface area contributed by atoms with Gasteiger partial charge in [-0.3, -0.25) is 0 Å². The Morgan fingerprint density at radius 3 is 2.54 bits per heavy atom. The Labute approximate surface area is 136 Å². The second kappa shape index (κ2) is 5.71. The lowest BCUT2D eigenvalue weighted by Gasteiger charge is -2.11. The fraction of sp³-hybridized carbons (Fsp3) is 0.0588. The van der Waals surface area contributed by atoms with Gasteiger partial charge in [-0.15, -0.1) is 5.10 Å². The second-order valence-corrected chi connectivity index (χ2v) is 5.29. The number of hydrogen-bond donors (Lipinski definition) is 3. The number of aromatic nitrogens is 5. The van der Waals surface area contributed by atoms with Crippen LogP contribution in [0.2, 0.25) is 0 Å². The molecular formula is C17H13N5O2. The van der Waals surface area contributed by atoms with Crippen LogP contribution >= 0.6 is 0 Å². The first kappa shape index (κ1) is 14.3. The number of hydrogen-bond acceptors (Lipinski definition) is 6. The first-order valence-electron chi connectivity index (χ1n) is 7.31. The first-order valence-corrected chi connectivity index (χ1v) is 7.31. The van der Waals surface area contributed by atoms with Crippen molar-refractivity contribution in [1.82, 2.24) is 25.1 Å². The van der Waals surface area contributed by atoms with Crippen LogP contribution in [-0.2, 0) is 0 Å². The van der Waals surface area contributed by atoms with E-state index in [0.29, 0.717) is 28.2 Å². The topological polar surface area (TPSA) is 108 Å². The third-order valence-electron chi connectivity index (χ3n) is 3.81. The van der Waals surface area contributed by atoms with Gasteiger partial charge in [-0.05, 0) is 23.8 Å². The van der Waals surface area contributed by atoms with Crippen LogP contribution in [0.1, 0.15) is 17.2 Å². The monoisotopic (exact) mass is 319 g/mol. The van der Waals surface area contributed by atoms with Crippen molar-refractivity contribution in [2.24, 2.45) is 0 Å². The SMILES string of the molecule is Oc1ccc(C(O)c2c[nH]c3nncc(-c4ncccn4)c23)cc1. The minimum Gasteiger partial charge on any atom is -0.508 e. The normalized spacial score (nSPS) is 12.4. The minimum absolute atomic E-state index is 0.147. The van der Waals surface area contributed by atoms with Crippen LogP contribution in [-0.4, -0.2) is 35.4 Å². The van der Waals surface area contributed by atoms with E-state index in [9.17, 15) is 10.2 Å². The van der Waals surface area contributed by atoms with E-state index in [0.717, 1.165) is 5.39 Å². The van der Waals surface area contributed by atoms with Gasteiger partial charge in [-0.2, -0.15) is 5.10 Å². The molecule has 4 aromatic rings. The largest absolute Gasteiger partial charge is 0.508 e. The highest BCUT2D eigenvalue weighted by Crippen LogP contribution is 2.33. The van der Waals surface area contributed by atoms with Crippen molar-refractivity contribution >= 4 is 11.0 Å². The molecule has 0 amide bonds. The summed E-state index contributed by atoms with van der Waals surface area (Å²) in [7, 11) is 0. The summed E-state index contributed by atoms with van der Waals surface area (Å²) in [4.78, 5) is 11.5. The number of fused-ring (bicyclic) bond motifs is 1. The molecule has 0 aliphatic heterocycles. The van der Waals surface area contributed by atoms with Crippen molar-refractivity contribution in [3.8, 4) is 17.1 Å². The molecule has 7 nitrogen and oxygen atoms in total. The van der Waals surface area contributed by atoms with Crippen LogP contribution in [0.15, 0.2) is 55.1 Å². The molecule has 24 heavy (non-hydrogen) atoms. The van der Waals surface area contributed by atoms with Crippen LogP contribution in [0.4, 0.5) is 0 Å². The van der Waals surface area contributed by atoms with E-state index in [1.807, 2.05) is 0 Å². The molecule has 0 saturated heterocycles. The maximum absolute atomic E-state index is 10.8. The molecule has 1 atom stereocenters. The maximum Gasteiger partial charge on any atom is 0.161 e. The Morgan fingerprint density at radius 1 is 1.04 bits per heavy atom. The summed E-state index contributed by atoms with van der Waals surface area (Å²) in [5, 5.41) is 28.9. The molecule has 7 heteroatoms. The van der Waals surface area contributed by atoms with Crippen molar-refractivity contribution in [2.45, 2.75) is 6.10 Å².